The average Bonchev–Trinajstić information content (AvgIpc) is 3.05. The van der Waals surface area contributed by atoms with Crippen LogP contribution in [0, 0.1) is 13.8 Å². The lowest BCUT2D eigenvalue weighted by Gasteiger charge is -2.11. The van der Waals surface area contributed by atoms with Gasteiger partial charge in [0.05, 0.1) is 31.4 Å². The minimum atomic E-state index is -0.167. The van der Waals surface area contributed by atoms with Crippen LogP contribution in [0.5, 0.6) is 11.5 Å². The van der Waals surface area contributed by atoms with Crippen molar-refractivity contribution < 1.29 is 14.3 Å². The fourth-order valence-corrected chi connectivity index (χ4v) is 3.27. The van der Waals surface area contributed by atoms with Crippen molar-refractivity contribution in [1.29, 1.82) is 0 Å². The molecule has 2 heterocycles. The second-order valence-electron chi connectivity index (χ2n) is 5.96. The van der Waals surface area contributed by atoms with Crippen LogP contribution in [0.3, 0.4) is 0 Å². The molecule has 1 N–H and O–H groups in total. The van der Waals surface area contributed by atoms with Crippen molar-refractivity contribution in [2.75, 3.05) is 25.3 Å². The monoisotopic (exact) mass is 399 g/mol. The largest absolute Gasteiger partial charge is 0.497 e. The van der Waals surface area contributed by atoms with E-state index in [9.17, 15) is 4.79 Å². The summed E-state index contributed by atoms with van der Waals surface area (Å²) in [6.45, 7) is 3.89. The summed E-state index contributed by atoms with van der Waals surface area (Å²) in [5.74, 6) is 1.89. The third-order valence-corrected chi connectivity index (χ3v) is 4.81. The molecule has 1 amide bonds. The molecule has 0 bridgehead atoms. The molecule has 0 unspecified atom stereocenters. The van der Waals surface area contributed by atoms with E-state index in [0.29, 0.717) is 28.0 Å². The number of thioether (sulfide) groups is 1. The number of hydrogen-bond donors (Lipinski definition) is 1. The molecule has 0 aliphatic rings. The molecule has 0 radical (unpaired) electrons. The lowest BCUT2D eigenvalue weighted by molar-refractivity contribution is -0.113. The van der Waals surface area contributed by atoms with Crippen LogP contribution in [-0.2, 0) is 4.79 Å². The van der Waals surface area contributed by atoms with Crippen LogP contribution in [0.15, 0.2) is 41.7 Å². The zero-order valence-electron chi connectivity index (χ0n) is 16.1. The number of nitrogens with zero attached hydrogens (tertiary/aromatic N) is 4. The van der Waals surface area contributed by atoms with Crippen molar-refractivity contribution in [2.24, 2.45) is 0 Å². The summed E-state index contributed by atoms with van der Waals surface area (Å²) >= 11 is 1.32. The SMILES string of the molecule is COc1ccc(NC(=O)CSc2cc(-n3nc(C)cc3C)ncn2)c(OC)c1. The van der Waals surface area contributed by atoms with E-state index >= 15 is 0 Å². The van der Waals surface area contributed by atoms with Crippen LogP contribution >= 0.6 is 11.8 Å². The van der Waals surface area contributed by atoms with Gasteiger partial charge in [-0.3, -0.25) is 4.79 Å². The quantitative estimate of drug-likeness (QED) is 0.482. The third-order valence-electron chi connectivity index (χ3n) is 3.89. The first-order valence-corrected chi connectivity index (χ1v) is 9.49. The summed E-state index contributed by atoms with van der Waals surface area (Å²) in [7, 11) is 3.12. The van der Waals surface area contributed by atoms with E-state index in [2.05, 4.69) is 20.4 Å². The fourth-order valence-electron chi connectivity index (χ4n) is 2.61. The van der Waals surface area contributed by atoms with Gasteiger partial charge in [0, 0.05) is 17.8 Å². The Bertz CT molecular complexity index is 989. The number of methoxy groups -OCH3 is 2. The Labute approximate surface area is 167 Å². The van der Waals surface area contributed by atoms with Crippen LogP contribution in [0.1, 0.15) is 11.4 Å². The van der Waals surface area contributed by atoms with Crippen LogP contribution in [0.2, 0.25) is 0 Å². The van der Waals surface area contributed by atoms with Crippen LogP contribution in [0.25, 0.3) is 5.82 Å². The summed E-state index contributed by atoms with van der Waals surface area (Å²) in [6, 6.07) is 9.01. The third kappa shape index (κ3) is 4.61. The number of hydrogen-bond acceptors (Lipinski definition) is 7. The lowest BCUT2D eigenvalue weighted by Crippen LogP contribution is -2.15. The highest BCUT2D eigenvalue weighted by Crippen LogP contribution is 2.29. The van der Waals surface area contributed by atoms with E-state index < -0.39 is 0 Å². The number of carbonyl (C=O) groups is 1. The number of amides is 1. The molecule has 0 saturated carbocycles. The van der Waals surface area contributed by atoms with Crippen molar-refractivity contribution in [3.05, 3.63) is 48.0 Å². The fraction of sp³-hybridized carbons (Fsp3) is 0.263. The van der Waals surface area contributed by atoms with Crippen molar-refractivity contribution in [3.63, 3.8) is 0 Å². The number of carbonyl (C=O) groups excluding carboxylic acids is 1. The minimum Gasteiger partial charge on any atom is -0.497 e. The zero-order valence-corrected chi connectivity index (χ0v) is 16.9. The second-order valence-corrected chi connectivity index (χ2v) is 6.95. The molecule has 9 heteroatoms. The lowest BCUT2D eigenvalue weighted by atomic mass is 10.2. The molecule has 3 aromatic rings. The Balaban J connectivity index is 1.65. The van der Waals surface area contributed by atoms with Crippen LogP contribution in [0.4, 0.5) is 5.69 Å². The predicted molar refractivity (Wildman–Crippen MR) is 108 cm³/mol. The highest BCUT2D eigenvalue weighted by molar-refractivity contribution is 7.99. The molecule has 0 fully saturated rings. The molecular weight excluding hydrogens is 378 g/mol. The highest BCUT2D eigenvalue weighted by atomic mass is 32.2. The molecule has 146 valence electrons. The molecular formula is C19H21N5O3S. The molecule has 3 rings (SSSR count). The van der Waals surface area contributed by atoms with Gasteiger partial charge in [0.1, 0.15) is 22.9 Å². The van der Waals surface area contributed by atoms with Gasteiger partial charge >= 0.3 is 0 Å². The first-order valence-electron chi connectivity index (χ1n) is 8.50. The number of aryl methyl sites for hydroxylation is 2. The molecule has 28 heavy (non-hydrogen) atoms. The molecule has 0 spiro atoms. The van der Waals surface area contributed by atoms with E-state index in [4.69, 9.17) is 9.47 Å². The first kappa shape index (κ1) is 19.7. The van der Waals surface area contributed by atoms with Crippen molar-refractivity contribution in [1.82, 2.24) is 19.7 Å². The van der Waals surface area contributed by atoms with Gasteiger partial charge in [0.15, 0.2) is 5.82 Å². The predicted octanol–water partition coefficient (Wildman–Crippen LogP) is 3.03. The maximum atomic E-state index is 12.3. The average molecular weight is 399 g/mol. The maximum absolute atomic E-state index is 12.3. The Morgan fingerprint density at radius 1 is 1.14 bits per heavy atom. The van der Waals surface area contributed by atoms with E-state index in [1.165, 1.54) is 18.1 Å². The summed E-state index contributed by atoms with van der Waals surface area (Å²) in [5, 5.41) is 7.95. The molecule has 2 aromatic heterocycles. The zero-order chi connectivity index (χ0) is 20.1. The summed E-state index contributed by atoms with van der Waals surface area (Å²) in [4.78, 5) is 20.8. The normalized spacial score (nSPS) is 10.6. The molecule has 1 aromatic carbocycles. The summed E-state index contributed by atoms with van der Waals surface area (Å²) < 4.78 is 12.2. The molecule has 0 aliphatic carbocycles. The Hall–Kier alpha value is -3.07. The number of aromatic nitrogens is 4. The van der Waals surface area contributed by atoms with E-state index in [-0.39, 0.29) is 11.7 Å². The van der Waals surface area contributed by atoms with E-state index in [1.54, 1.807) is 37.1 Å². The van der Waals surface area contributed by atoms with Crippen molar-refractivity contribution in [3.8, 4) is 17.3 Å². The number of nitrogens with one attached hydrogen (secondary N) is 1. The van der Waals surface area contributed by atoms with Gasteiger partial charge in [0.25, 0.3) is 0 Å². The number of rotatable bonds is 7. The summed E-state index contributed by atoms with van der Waals surface area (Å²) in [6.07, 6.45) is 1.47. The van der Waals surface area contributed by atoms with Gasteiger partial charge in [-0.25, -0.2) is 14.6 Å². The number of benzene rings is 1. The number of anilines is 1. The van der Waals surface area contributed by atoms with Crippen LogP contribution < -0.4 is 14.8 Å². The Morgan fingerprint density at radius 3 is 2.64 bits per heavy atom. The Morgan fingerprint density at radius 2 is 1.96 bits per heavy atom. The molecule has 0 saturated heterocycles. The van der Waals surface area contributed by atoms with Gasteiger partial charge in [0.2, 0.25) is 5.91 Å². The van der Waals surface area contributed by atoms with Gasteiger partial charge < -0.3 is 14.8 Å². The van der Waals surface area contributed by atoms with Gasteiger partial charge in [-0.1, -0.05) is 11.8 Å². The first-order chi connectivity index (χ1) is 13.5. The van der Waals surface area contributed by atoms with E-state index in [0.717, 1.165) is 11.4 Å². The summed E-state index contributed by atoms with van der Waals surface area (Å²) in [5.41, 5.74) is 2.48. The van der Waals surface area contributed by atoms with Crippen LogP contribution in [-0.4, -0.2) is 45.6 Å². The Kier molecular flexibility index (Phi) is 6.15. The molecule has 0 aliphatic heterocycles. The topological polar surface area (TPSA) is 91.2 Å². The standard InChI is InChI=1S/C19H21N5O3S/c1-12-7-13(2)24(23-12)17-9-19(21-11-20-17)28-10-18(25)22-15-6-5-14(26-3)8-16(15)27-4/h5-9,11H,10H2,1-4H3,(H,22,25). The molecule has 8 nitrogen and oxygen atoms in total. The smallest absolute Gasteiger partial charge is 0.234 e. The van der Waals surface area contributed by atoms with Gasteiger partial charge in [-0.15, -0.1) is 0 Å². The van der Waals surface area contributed by atoms with E-state index in [1.807, 2.05) is 26.0 Å². The number of ether oxygens (including phenoxy) is 2. The molecule has 0 atom stereocenters. The maximum Gasteiger partial charge on any atom is 0.234 e. The van der Waals surface area contributed by atoms with Crippen molar-refractivity contribution >= 4 is 23.4 Å². The minimum absolute atomic E-state index is 0.167. The van der Waals surface area contributed by atoms with Gasteiger partial charge in [-0.05, 0) is 32.0 Å². The van der Waals surface area contributed by atoms with Gasteiger partial charge in [-0.2, -0.15) is 5.10 Å². The second kappa shape index (κ2) is 8.75. The highest BCUT2D eigenvalue weighted by Gasteiger charge is 2.11. The van der Waals surface area contributed by atoms with Crippen molar-refractivity contribution in [2.45, 2.75) is 18.9 Å².